The maximum Gasteiger partial charge on any atom is 0.206 e. The Labute approximate surface area is 169 Å². The molecule has 29 heavy (non-hydrogen) atoms. The average molecular weight is 387 g/mol. The molecule has 0 unspecified atom stereocenters. The van der Waals surface area contributed by atoms with Crippen LogP contribution < -0.4 is 10.2 Å². The Kier molecular flexibility index (Phi) is 4.17. The highest BCUT2D eigenvalue weighted by Gasteiger charge is 2.27. The number of hydrogen-bond donors (Lipinski definition) is 2. The summed E-state index contributed by atoms with van der Waals surface area (Å²) in [5.41, 5.74) is 2.87. The smallest absolute Gasteiger partial charge is 0.206 e. The summed E-state index contributed by atoms with van der Waals surface area (Å²) in [6.07, 6.45) is 1.17. The molecule has 6 nitrogen and oxygen atoms in total. The van der Waals surface area contributed by atoms with Gasteiger partial charge in [0.15, 0.2) is 5.82 Å². The summed E-state index contributed by atoms with van der Waals surface area (Å²) in [7, 11) is 0. The van der Waals surface area contributed by atoms with E-state index in [0.717, 1.165) is 52.5 Å². The Hall–Kier alpha value is -3.12. The first-order chi connectivity index (χ1) is 14.0. The number of anilines is 3. The van der Waals surface area contributed by atoms with Gasteiger partial charge in [-0.25, -0.2) is 9.97 Å². The van der Waals surface area contributed by atoms with Gasteiger partial charge in [-0.2, -0.15) is 0 Å². The van der Waals surface area contributed by atoms with Crippen LogP contribution in [0.3, 0.4) is 0 Å². The molecule has 6 heteroatoms. The lowest BCUT2D eigenvalue weighted by Gasteiger charge is -2.33. The van der Waals surface area contributed by atoms with Crippen LogP contribution in [-0.2, 0) is 6.54 Å². The minimum atomic E-state index is -0.857. The van der Waals surface area contributed by atoms with Gasteiger partial charge in [0.25, 0.3) is 0 Å². The molecular weight excluding hydrogens is 362 g/mol. The third-order valence-electron chi connectivity index (χ3n) is 5.28. The van der Waals surface area contributed by atoms with Gasteiger partial charge in [-0.1, -0.05) is 36.4 Å². The number of imidazole rings is 1. The SMILES string of the molecule is CC(C)(O)Cn1c(N2CCC2)nc2c(Nc3ccccc3)nc3ccccc3c21. The van der Waals surface area contributed by atoms with Gasteiger partial charge in [0, 0.05) is 24.2 Å². The number of hydrogen-bond acceptors (Lipinski definition) is 5. The summed E-state index contributed by atoms with van der Waals surface area (Å²) >= 11 is 0. The Bertz CT molecular complexity index is 1170. The maximum atomic E-state index is 10.6. The number of pyridine rings is 1. The highest BCUT2D eigenvalue weighted by atomic mass is 16.3. The Morgan fingerprint density at radius 3 is 2.41 bits per heavy atom. The van der Waals surface area contributed by atoms with Crippen molar-refractivity contribution in [2.45, 2.75) is 32.4 Å². The first-order valence-corrected chi connectivity index (χ1v) is 10.1. The van der Waals surface area contributed by atoms with E-state index in [0.29, 0.717) is 6.54 Å². The molecule has 1 aliphatic heterocycles. The zero-order chi connectivity index (χ0) is 20.0. The third kappa shape index (κ3) is 3.29. The number of nitrogens with one attached hydrogen (secondary N) is 1. The van der Waals surface area contributed by atoms with Gasteiger partial charge in [0.1, 0.15) is 5.52 Å². The van der Waals surface area contributed by atoms with E-state index in [4.69, 9.17) is 9.97 Å². The number of aromatic nitrogens is 3. The van der Waals surface area contributed by atoms with Crippen molar-refractivity contribution in [1.82, 2.24) is 14.5 Å². The number of rotatable bonds is 5. The quantitative estimate of drug-likeness (QED) is 0.534. The predicted octanol–water partition coefficient (Wildman–Crippen LogP) is 4.31. The normalized spacial score (nSPS) is 14.4. The van der Waals surface area contributed by atoms with E-state index >= 15 is 0 Å². The molecule has 1 fully saturated rings. The van der Waals surface area contributed by atoms with Gasteiger partial charge >= 0.3 is 0 Å². The highest BCUT2D eigenvalue weighted by Crippen LogP contribution is 2.36. The fourth-order valence-corrected chi connectivity index (χ4v) is 3.86. The predicted molar refractivity (Wildman–Crippen MR) is 118 cm³/mol. The number of benzene rings is 2. The van der Waals surface area contributed by atoms with Gasteiger partial charge in [-0.3, -0.25) is 0 Å². The molecule has 1 saturated heterocycles. The van der Waals surface area contributed by atoms with Crippen LogP contribution in [0.25, 0.3) is 21.9 Å². The highest BCUT2D eigenvalue weighted by molar-refractivity contribution is 6.08. The summed E-state index contributed by atoms with van der Waals surface area (Å²) < 4.78 is 2.16. The standard InChI is InChI=1S/C23H25N5O/c1-23(2,29)15-28-20-17-11-6-7-12-18(17)25-21(24-16-9-4-3-5-10-16)19(20)26-22(28)27-13-8-14-27/h3-7,9-12,29H,8,13-15H2,1-2H3,(H,24,25). The molecule has 1 aliphatic rings. The van der Waals surface area contributed by atoms with E-state index in [9.17, 15) is 5.11 Å². The molecule has 0 saturated carbocycles. The number of fused-ring (bicyclic) bond motifs is 3. The van der Waals surface area contributed by atoms with Crippen LogP contribution in [0, 0.1) is 0 Å². The zero-order valence-corrected chi connectivity index (χ0v) is 16.8. The van der Waals surface area contributed by atoms with Gasteiger partial charge in [-0.05, 0) is 38.5 Å². The molecule has 0 atom stereocenters. The Balaban J connectivity index is 1.79. The first-order valence-electron chi connectivity index (χ1n) is 10.1. The van der Waals surface area contributed by atoms with Crippen LogP contribution in [0.1, 0.15) is 20.3 Å². The summed E-state index contributed by atoms with van der Waals surface area (Å²) in [6.45, 7) is 6.12. The van der Waals surface area contributed by atoms with E-state index in [1.165, 1.54) is 6.42 Å². The van der Waals surface area contributed by atoms with E-state index < -0.39 is 5.60 Å². The van der Waals surface area contributed by atoms with Crippen molar-refractivity contribution in [3.05, 3.63) is 54.6 Å². The lowest BCUT2D eigenvalue weighted by Crippen LogP contribution is -2.40. The number of nitrogens with zero attached hydrogens (tertiary/aromatic N) is 4. The molecule has 148 valence electrons. The summed E-state index contributed by atoms with van der Waals surface area (Å²) in [5.74, 6) is 1.64. The summed E-state index contributed by atoms with van der Waals surface area (Å²) in [6, 6.07) is 18.2. The maximum absolute atomic E-state index is 10.6. The molecule has 5 rings (SSSR count). The number of para-hydroxylation sites is 2. The molecule has 0 bridgehead atoms. The molecular formula is C23H25N5O. The molecule has 2 N–H and O–H groups in total. The van der Waals surface area contributed by atoms with Crippen molar-refractivity contribution >= 4 is 39.4 Å². The number of aliphatic hydroxyl groups is 1. The lowest BCUT2D eigenvalue weighted by atomic mass is 10.1. The summed E-state index contributed by atoms with van der Waals surface area (Å²) in [5, 5.41) is 15.1. The molecule has 3 heterocycles. The molecule has 2 aromatic carbocycles. The first kappa shape index (κ1) is 17.9. The average Bonchev–Trinajstić information content (AvgIpc) is 2.99. The molecule has 0 aliphatic carbocycles. The van der Waals surface area contributed by atoms with Crippen molar-refractivity contribution in [1.29, 1.82) is 0 Å². The second kappa shape index (κ2) is 6.74. The van der Waals surface area contributed by atoms with Gasteiger partial charge < -0.3 is 19.9 Å². The fourth-order valence-electron chi connectivity index (χ4n) is 3.86. The van der Waals surface area contributed by atoms with Crippen LogP contribution >= 0.6 is 0 Å². The second-order valence-electron chi connectivity index (χ2n) is 8.32. The van der Waals surface area contributed by atoms with Crippen molar-refractivity contribution in [3.63, 3.8) is 0 Å². The third-order valence-corrected chi connectivity index (χ3v) is 5.28. The van der Waals surface area contributed by atoms with E-state index in [1.54, 1.807) is 0 Å². The Morgan fingerprint density at radius 2 is 1.72 bits per heavy atom. The van der Waals surface area contributed by atoms with Crippen LogP contribution in [0.2, 0.25) is 0 Å². The molecule has 0 amide bonds. The van der Waals surface area contributed by atoms with Gasteiger partial charge in [0.05, 0.1) is 23.2 Å². The monoisotopic (exact) mass is 387 g/mol. The largest absolute Gasteiger partial charge is 0.389 e. The molecule has 0 spiro atoms. The lowest BCUT2D eigenvalue weighted by molar-refractivity contribution is 0.0629. The topological polar surface area (TPSA) is 66.2 Å². The Morgan fingerprint density at radius 1 is 1.00 bits per heavy atom. The second-order valence-corrected chi connectivity index (χ2v) is 8.32. The van der Waals surface area contributed by atoms with Crippen LogP contribution in [0.15, 0.2) is 54.6 Å². The van der Waals surface area contributed by atoms with Crippen molar-refractivity contribution in [2.75, 3.05) is 23.3 Å². The van der Waals surface area contributed by atoms with Crippen LogP contribution in [0.5, 0.6) is 0 Å². The van der Waals surface area contributed by atoms with Gasteiger partial charge in [0.2, 0.25) is 5.95 Å². The van der Waals surface area contributed by atoms with Crippen molar-refractivity contribution in [3.8, 4) is 0 Å². The molecule has 4 aromatic rings. The van der Waals surface area contributed by atoms with Crippen molar-refractivity contribution < 1.29 is 5.11 Å². The fraction of sp³-hybridized carbons (Fsp3) is 0.304. The van der Waals surface area contributed by atoms with Crippen molar-refractivity contribution in [2.24, 2.45) is 0 Å². The van der Waals surface area contributed by atoms with Crippen LogP contribution in [0.4, 0.5) is 17.5 Å². The van der Waals surface area contributed by atoms with E-state index in [-0.39, 0.29) is 0 Å². The summed E-state index contributed by atoms with van der Waals surface area (Å²) in [4.78, 5) is 12.2. The minimum absolute atomic E-state index is 0.466. The molecule has 2 aromatic heterocycles. The minimum Gasteiger partial charge on any atom is -0.389 e. The van der Waals surface area contributed by atoms with E-state index in [2.05, 4.69) is 20.9 Å². The van der Waals surface area contributed by atoms with Crippen LogP contribution in [-0.4, -0.2) is 38.3 Å². The zero-order valence-electron chi connectivity index (χ0n) is 16.8. The van der Waals surface area contributed by atoms with Gasteiger partial charge in [-0.15, -0.1) is 0 Å². The van der Waals surface area contributed by atoms with E-state index in [1.807, 2.05) is 62.4 Å². The molecule has 0 radical (unpaired) electrons.